The average Bonchev–Trinajstić information content (AvgIpc) is 3.02. The Hall–Kier alpha value is -1.41. The number of aromatic nitrogens is 1. The summed E-state index contributed by atoms with van der Waals surface area (Å²) in [4.78, 5) is 4.76. The van der Waals surface area contributed by atoms with Crippen molar-refractivity contribution < 1.29 is 0 Å². The number of nitrogens with zero attached hydrogens (tertiary/aromatic N) is 1. The number of para-hydroxylation sites is 1. The highest BCUT2D eigenvalue weighted by molar-refractivity contribution is 7.18. The summed E-state index contributed by atoms with van der Waals surface area (Å²) in [6, 6.07) is 8.38. The van der Waals surface area contributed by atoms with Crippen LogP contribution in [-0.4, -0.2) is 4.98 Å². The lowest BCUT2D eigenvalue weighted by molar-refractivity contribution is 0.872. The Balaban J connectivity index is 0.000000510. The van der Waals surface area contributed by atoms with Crippen LogP contribution in [0.4, 0.5) is 0 Å². The molecule has 1 aromatic carbocycles. The predicted octanol–water partition coefficient (Wildman–Crippen LogP) is 6.73. The molecule has 2 heteroatoms. The fraction of sp³-hybridized carbons (Fsp3) is 0.421. The van der Waals surface area contributed by atoms with Gasteiger partial charge in [0.1, 0.15) is 5.01 Å². The fourth-order valence-corrected chi connectivity index (χ4v) is 3.40. The van der Waals surface area contributed by atoms with Crippen LogP contribution in [0.3, 0.4) is 0 Å². The molecule has 0 spiro atoms. The van der Waals surface area contributed by atoms with Crippen molar-refractivity contribution in [2.75, 3.05) is 0 Å². The normalized spacial score (nSPS) is 16.4. The number of benzene rings is 1. The Kier molecular flexibility index (Phi) is 7.99. The molecule has 0 amide bonds. The van der Waals surface area contributed by atoms with Crippen molar-refractivity contribution in [2.24, 2.45) is 0 Å². The van der Waals surface area contributed by atoms with E-state index in [1.54, 1.807) is 0 Å². The maximum atomic E-state index is 4.76. The van der Waals surface area contributed by atoms with Crippen molar-refractivity contribution in [3.05, 3.63) is 53.1 Å². The zero-order chi connectivity index (χ0) is 15.7. The topological polar surface area (TPSA) is 12.9 Å². The highest BCUT2D eigenvalue weighted by Crippen LogP contribution is 2.35. The minimum absolute atomic E-state index is 0.408. The molecular weight excluding hydrogens is 274 g/mol. The summed E-state index contributed by atoms with van der Waals surface area (Å²) in [7, 11) is 0. The zero-order valence-electron chi connectivity index (χ0n) is 13.9. The third-order valence-corrected chi connectivity index (χ3v) is 4.35. The van der Waals surface area contributed by atoms with Gasteiger partial charge in [-0.05, 0) is 25.0 Å². The predicted molar refractivity (Wildman–Crippen MR) is 97.2 cm³/mol. The summed E-state index contributed by atoms with van der Waals surface area (Å²) in [5.74, 6) is 0.408. The second kappa shape index (κ2) is 9.51. The van der Waals surface area contributed by atoms with E-state index in [0.717, 1.165) is 18.4 Å². The monoisotopic (exact) mass is 301 g/mol. The fourth-order valence-electron chi connectivity index (χ4n) is 2.31. The standard InChI is InChI=1S/C15H15NS.2C2H6/c1-2-11-7-3-4-8-12(11)15-16-13-9-5-6-10-14(13)17-15;2*1-2/h4-10,12H,2-3H2,1H3;2*1-2H3. The van der Waals surface area contributed by atoms with Gasteiger partial charge in [-0.3, -0.25) is 0 Å². The average molecular weight is 301 g/mol. The van der Waals surface area contributed by atoms with E-state index in [1.807, 2.05) is 39.0 Å². The molecule has 1 unspecified atom stereocenters. The molecule has 1 nitrogen and oxygen atoms in total. The minimum Gasteiger partial charge on any atom is -0.240 e. The smallest absolute Gasteiger partial charge is 0.105 e. The van der Waals surface area contributed by atoms with E-state index in [-0.39, 0.29) is 0 Å². The molecule has 0 fully saturated rings. The van der Waals surface area contributed by atoms with Crippen molar-refractivity contribution in [3.8, 4) is 0 Å². The van der Waals surface area contributed by atoms with Gasteiger partial charge in [0, 0.05) is 5.92 Å². The molecule has 1 aliphatic rings. The van der Waals surface area contributed by atoms with Crippen molar-refractivity contribution in [1.29, 1.82) is 0 Å². The number of rotatable bonds is 2. The van der Waals surface area contributed by atoms with Crippen LogP contribution in [0.5, 0.6) is 0 Å². The Morgan fingerprint density at radius 2 is 1.86 bits per heavy atom. The summed E-state index contributed by atoms with van der Waals surface area (Å²) >= 11 is 1.82. The van der Waals surface area contributed by atoms with Crippen LogP contribution in [0.15, 0.2) is 48.1 Å². The van der Waals surface area contributed by atoms with E-state index >= 15 is 0 Å². The molecular formula is C19H27NS. The molecule has 0 N–H and O–H groups in total. The van der Waals surface area contributed by atoms with E-state index < -0.39 is 0 Å². The van der Waals surface area contributed by atoms with Crippen LogP contribution in [0, 0.1) is 0 Å². The van der Waals surface area contributed by atoms with Crippen LogP contribution in [-0.2, 0) is 0 Å². The van der Waals surface area contributed by atoms with E-state index in [2.05, 4.69) is 49.4 Å². The maximum absolute atomic E-state index is 4.76. The SMILES string of the molecule is CC.CC.CCC1=CCC=CC1c1nc2ccccc2s1. The summed E-state index contributed by atoms with van der Waals surface area (Å²) in [6.07, 6.45) is 9.08. The van der Waals surface area contributed by atoms with Gasteiger partial charge in [0.2, 0.25) is 0 Å². The molecule has 0 bridgehead atoms. The highest BCUT2D eigenvalue weighted by Gasteiger charge is 2.18. The third-order valence-electron chi connectivity index (χ3n) is 3.23. The minimum atomic E-state index is 0.408. The summed E-state index contributed by atoms with van der Waals surface area (Å²) in [5, 5.41) is 1.23. The van der Waals surface area contributed by atoms with Crippen LogP contribution in [0.25, 0.3) is 10.2 Å². The highest BCUT2D eigenvalue weighted by atomic mass is 32.1. The largest absolute Gasteiger partial charge is 0.240 e. The molecule has 1 aromatic heterocycles. The first-order valence-corrected chi connectivity index (χ1v) is 8.91. The molecule has 0 saturated carbocycles. The van der Waals surface area contributed by atoms with Crippen molar-refractivity contribution in [3.63, 3.8) is 0 Å². The number of allylic oxidation sites excluding steroid dienone is 4. The van der Waals surface area contributed by atoms with Gasteiger partial charge in [-0.2, -0.15) is 0 Å². The maximum Gasteiger partial charge on any atom is 0.105 e. The van der Waals surface area contributed by atoms with Crippen molar-refractivity contribution >= 4 is 21.6 Å². The van der Waals surface area contributed by atoms with Crippen molar-refractivity contribution in [2.45, 2.75) is 53.4 Å². The molecule has 21 heavy (non-hydrogen) atoms. The van der Waals surface area contributed by atoms with Gasteiger partial charge in [0.05, 0.1) is 10.2 Å². The van der Waals surface area contributed by atoms with Gasteiger partial charge in [-0.15, -0.1) is 11.3 Å². The molecule has 0 aliphatic heterocycles. The lowest BCUT2D eigenvalue weighted by Gasteiger charge is -2.16. The number of thiazole rings is 1. The van der Waals surface area contributed by atoms with Gasteiger partial charge in [0.25, 0.3) is 0 Å². The molecule has 1 atom stereocenters. The van der Waals surface area contributed by atoms with Crippen molar-refractivity contribution in [1.82, 2.24) is 4.98 Å². The van der Waals surface area contributed by atoms with E-state index in [1.165, 1.54) is 15.3 Å². The lowest BCUT2D eigenvalue weighted by atomic mass is 9.92. The van der Waals surface area contributed by atoms with Gasteiger partial charge >= 0.3 is 0 Å². The Bertz CT molecular complexity index is 559. The molecule has 114 valence electrons. The quantitative estimate of drug-likeness (QED) is 0.560. The van der Waals surface area contributed by atoms with E-state index in [0.29, 0.717) is 5.92 Å². The van der Waals surface area contributed by atoms with Crippen LogP contribution in [0.1, 0.15) is 58.4 Å². The second-order valence-electron chi connectivity index (χ2n) is 4.29. The Morgan fingerprint density at radius 1 is 1.14 bits per heavy atom. The second-order valence-corrected chi connectivity index (χ2v) is 5.36. The van der Waals surface area contributed by atoms with Gasteiger partial charge in [-0.1, -0.05) is 70.6 Å². The first kappa shape index (κ1) is 17.6. The first-order valence-electron chi connectivity index (χ1n) is 8.09. The Labute approximate surface area is 133 Å². The van der Waals surface area contributed by atoms with E-state index in [4.69, 9.17) is 4.98 Å². The number of hydrogen-bond donors (Lipinski definition) is 0. The molecule has 1 aliphatic carbocycles. The Morgan fingerprint density at radius 3 is 2.52 bits per heavy atom. The summed E-state index contributed by atoms with van der Waals surface area (Å²) in [5.41, 5.74) is 2.63. The van der Waals surface area contributed by atoms with Gasteiger partial charge in [-0.25, -0.2) is 4.98 Å². The first-order chi connectivity index (χ1) is 10.4. The van der Waals surface area contributed by atoms with Gasteiger partial charge in [0.15, 0.2) is 0 Å². The summed E-state index contributed by atoms with van der Waals surface area (Å²) < 4.78 is 1.29. The number of hydrogen-bond acceptors (Lipinski definition) is 2. The number of fused-ring (bicyclic) bond motifs is 1. The van der Waals surface area contributed by atoms with Crippen LogP contribution >= 0.6 is 11.3 Å². The molecule has 0 radical (unpaired) electrons. The van der Waals surface area contributed by atoms with Crippen LogP contribution < -0.4 is 0 Å². The molecule has 0 saturated heterocycles. The molecule has 3 rings (SSSR count). The van der Waals surface area contributed by atoms with Gasteiger partial charge < -0.3 is 0 Å². The molecule has 1 heterocycles. The lowest BCUT2D eigenvalue weighted by Crippen LogP contribution is -2.01. The third kappa shape index (κ3) is 4.28. The summed E-state index contributed by atoms with van der Waals surface area (Å²) in [6.45, 7) is 10.2. The zero-order valence-corrected chi connectivity index (χ0v) is 14.7. The molecule has 2 aromatic rings. The van der Waals surface area contributed by atoms with Crippen LogP contribution in [0.2, 0.25) is 0 Å². The van der Waals surface area contributed by atoms with E-state index in [9.17, 15) is 0 Å².